The standard InChI is InChI=1S/C18H21F2N5O/c19-16(20)14-3-1-12(2-4-14)7-13-5-6-24(9-13)17(26)15-8-21-18-22-11-23-25(18)10-15/h1-4,11,13,15-16H,5-10H2,(H,21,22,23). The number of aromatic nitrogens is 3. The van der Waals surface area contributed by atoms with Crippen LogP contribution in [0.5, 0.6) is 0 Å². The molecule has 1 fully saturated rings. The van der Waals surface area contributed by atoms with Crippen LogP contribution < -0.4 is 5.32 Å². The van der Waals surface area contributed by atoms with E-state index in [1.54, 1.807) is 16.8 Å². The van der Waals surface area contributed by atoms with Gasteiger partial charge in [0.1, 0.15) is 6.33 Å². The molecule has 2 unspecified atom stereocenters. The van der Waals surface area contributed by atoms with Gasteiger partial charge in [-0.25, -0.2) is 13.5 Å². The first-order valence-electron chi connectivity index (χ1n) is 8.87. The van der Waals surface area contributed by atoms with Crippen LogP contribution in [0.4, 0.5) is 14.7 Å². The van der Waals surface area contributed by atoms with Crippen LogP contribution in [0.15, 0.2) is 30.6 Å². The molecule has 0 saturated carbocycles. The number of rotatable bonds is 4. The van der Waals surface area contributed by atoms with Gasteiger partial charge in [0, 0.05) is 25.2 Å². The SMILES string of the molecule is O=C(C1CNc2ncnn2C1)N1CCC(Cc2ccc(C(F)F)cc2)C1. The van der Waals surface area contributed by atoms with Crippen molar-refractivity contribution in [3.05, 3.63) is 41.7 Å². The van der Waals surface area contributed by atoms with E-state index in [4.69, 9.17) is 0 Å². The van der Waals surface area contributed by atoms with Gasteiger partial charge in [-0.3, -0.25) is 4.79 Å². The summed E-state index contributed by atoms with van der Waals surface area (Å²) >= 11 is 0. The van der Waals surface area contributed by atoms with Crippen LogP contribution in [0.25, 0.3) is 0 Å². The zero-order valence-electron chi connectivity index (χ0n) is 14.3. The fourth-order valence-electron chi connectivity index (χ4n) is 3.78. The summed E-state index contributed by atoms with van der Waals surface area (Å²) in [5, 5.41) is 7.27. The Morgan fingerprint density at radius 2 is 2.08 bits per heavy atom. The molecule has 1 N–H and O–H groups in total. The van der Waals surface area contributed by atoms with Crippen LogP contribution in [0.1, 0.15) is 24.0 Å². The molecule has 0 spiro atoms. The molecule has 8 heteroatoms. The summed E-state index contributed by atoms with van der Waals surface area (Å²) in [4.78, 5) is 18.8. The molecule has 0 bridgehead atoms. The first kappa shape index (κ1) is 16.9. The molecule has 1 saturated heterocycles. The zero-order valence-corrected chi connectivity index (χ0v) is 14.3. The summed E-state index contributed by atoms with van der Waals surface area (Å²) in [6.45, 7) is 2.60. The van der Waals surface area contributed by atoms with Crippen molar-refractivity contribution in [1.82, 2.24) is 19.7 Å². The van der Waals surface area contributed by atoms with Crippen molar-refractivity contribution < 1.29 is 13.6 Å². The Labute approximate surface area is 150 Å². The molecule has 2 aliphatic heterocycles. The van der Waals surface area contributed by atoms with E-state index in [9.17, 15) is 13.6 Å². The third kappa shape index (κ3) is 3.40. The Bertz CT molecular complexity index is 776. The molecule has 138 valence electrons. The van der Waals surface area contributed by atoms with Crippen LogP contribution in [0, 0.1) is 11.8 Å². The second-order valence-corrected chi connectivity index (χ2v) is 7.03. The molecule has 2 atom stereocenters. The fourth-order valence-corrected chi connectivity index (χ4v) is 3.78. The molecule has 1 amide bonds. The first-order chi connectivity index (χ1) is 12.6. The van der Waals surface area contributed by atoms with Gasteiger partial charge in [0.2, 0.25) is 11.9 Å². The molecule has 6 nitrogen and oxygen atoms in total. The lowest BCUT2D eigenvalue weighted by atomic mass is 9.98. The van der Waals surface area contributed by atoms with Gasteiger partial charge in [0.25, 0.3) is 6.43 Å². The number of carbonyl (C=O) groups is 1. The van der Waals surface area contributed by atoms with Gasteiger partial charge in [-0.2, -0.15) is 10.1 Å². The van der Waals surface area contributed by atoms with Crippen molar-refractivity contribution in [3.8, 4) is 0 Å². The molecule has 0 radical (unpaired) electrons. The summed E-state index contributed by atoms with van der Waals surface area (Å²) in [5.41, 5.74) is 1.09. The highest BCUT2D eigenvalue weighted by atomic mass is 19.3. The minimum atomic E-state index is -2.43. The minimum Gasteiger partial charge on any atom is -0.354 e. The molecule has 2 aromatic rings. The van der Waals surface area contributed by atoms with Crippen LogP contribution in [0.3, 0.4) is 0 Å². The molecule has 3 heterocycles. The van der Waals surface area contributed by atoms with Crippen LogP contribution in [-0.2, 0) is 17.8 Å². The molecule has 26 heavy (non-hydrogen) atoms. The van der Waals surface area contributed by atoms with E-state index in [-0.39, 0.29) is 17.4 Å². The molecule has 1 aromatic carbocycles. The maximum absolute atomic E-state index is 12.8. The number of hydrogen-bond donors (Lipinski definition) is 1. The third-order valence-corrected chi connectivity index (χ3v) is 5.22. The number of benzene rings is 1. The summed E-state index contributed by atoms with van der Waals surface area (Å²) in [7, 11) is 0. The van der Waals surface area contributed by atoms with Crippen molar-refractivity contribution in [3.63, 3.8) is 0 Å². The quantitative estimate of drug-likeness (QED) is 0.908. The Hall–Kier alpha value is -2.51. The lowest BCUT2D eigenvalue weighted by Gasteiger charge is -2.27. The smallest absolute Gasteiger partial charge is 0.263 e. The second kappa shape index (κ2) is 7.01. The molecule has 1 aromatic heterocycles. The van der Waals surface area contributed by atoms with E-state index in [1.807, 2.05) is 4.90 Å². The maximum Gasteiger partial charge on any atom is 0.263 e. The lowest BCUT2D eigenvalue weighted by Crippen LogP contribution is -2.42. The fraction of sp³-hybridized carbons (Fsp3) is 0.500. The van der Waals surface area contributed by atoms with Crippen molar-refractivity contribution in [2.24, 2.45) is 11.8 Å². The highest BCUT2D eigenvalue weighted by Gasteiger charge is 2.33. The number of amides is 1. The Balaban J connectivity index is 1.33. The zero-order chi connectivity index (χ0) is 18.1. The Morgan fingerprint density at radius 1 is 1.27 bits per heavy atom. The van der Waals surface area contributed by atoms with Gasteiger partial charge in [-0.05, 0) is 24.3 Å². The van der Waals surface area contributed by atoms with Crippen molar-refractivity contribution >= 4 is 11.9 Å². The Kier molecular flexibility index (Phi) is 4.57. The number of anilines is 1. The topological polar surface area (TPSA) is 63.1 Å². The van der Waals surface area contributed by atoms with Gasteiger partial charge in [-0.15, -0.1) is 0 Å². The largest absolute Gasteiger partial charge is 0.354 e. The normalized spacial score (nSPS) is 22.3. The summed E-state index contributed by atoms with van der Waals surface area (Å²) in [5.74, 6) is 1.10. The minimum absolute atomic E-state index is 0.0502. The number of likely N-dealkylation sites (tertiary alicyclic amines) is 1. The van der Waals surface area contributed by atoms with Gasteiger partial charge >= 0.3 is 0 Å². The predicted molar refractivity (Wildman–Crippen MR) is 91.8 cm³/mol. The third-order valence-electron chi connectivity index (χ3n) is 5.22. The van der Waals surface area contributed by atoms with Gasteiger partial charge in [0.05, 0.1) is 12.5 Å². The van der Waals surface area contributed by atoms with Crippen LogP contribution in [0.2, 0.25) is 0 Å². The predicted octanol–water partition coefficient (Wildman–Crippen LogP) is 2.35. The van der Waals surface area contributed by atoms with Crippen molar-refractivity contribution in [2.75, 3.05) is 25.0 Å². The molecule has 4 rings (SSSR count). The van der Waals surface area contributed by atoms with E-state index in [0.29, 0.717) is 25.0 Å². The van der Waals surface area contributed by atoms with E-state index < -0.39 is 6.43 Å². The van der Waals surface area contributed by atoms with Crippen molar-refractivity contribution in [2.45, 2.75) is 25.8 Å². The number of halogens is 2. The average Bonchev–Trinajstić information content (AvgIpc) is 3.30. The number of alkyl halides is 2. The number of nitrogens with one attached hydrogen (secondary N) is 1. The highest BCUT2D eigenvalue weighted by molar-refractivity contribution is 5.80. The Morgan fingerprint density at radius 3 is 2.85 bits per heavy atom. The lowest BCUT2D eigenvalue weighted by molar-refractivity contribution is -0.134. The van der Waals surface area contributed by atoms with Gasteiger partial charge in [0.15, 0.2) is 0 Å². The molecule has 0 aliphatic carbocycles. The molecular weight excluding hydrogens is 340 g/mol. The van der Waals surface area contributed by atoms with E-state index >= 15 is 0 Å². The van der Waals surface area contributed by atoms with E-state index in [2.05, 4.69) is 15.4 Å². The van der Waals surface area contributed by atoms with Gasteiger partial charge < -0.3 is 10.2 Å². The first-order valence-corrected chi connectivity index (χ1v) is 8.87. The molecular formula is C18H21F2N5O. The van der Waals surface area contributed by atoms with Crippen LogP contribution >= 0.6 is 0 Å². The number of carbonyl (C=O) groups excluding carboxylic acids is 1. The van der Waals surface area contributed by atoms with Crippen LogP contribution in [-0.4, -0.2) is 45.2 Å². The second-order valence-electron chi connectivity index (χ2n) is 7.03. The number of nitrogens with zero attached hydrogens (tertiary/aromatic N) is 4. The maximum atomic E-state index is 12.8. The number of fused-ring (bicyclic) bond motifs is 1. The summed E-state index contributed by atoms with van der Waals surface area (Å²) < 4.78 is 27.0. The van der Waals surface area contributed by atoms with Crippen molar-refractivity contribution in [1.29, 1.82) is 0 Å². The number of hydrogen-bond acceptors (Lipinski definition) is 4. The summed E-state index contributed by atoms with van der Waals surface area (Å²) in [6.07, 6.45) is 0.805. The monoisotopic (exact) mass is 361 g/mol. The van der Waals surface area contributed by atoms with Gasteiger partial charge in [-0.1, -0.05) is 24.3 Å². The molecule has 2 aliphatic rings. The van der Waals surface area contributed by atoms with E-state index in [1.165, 1.54) is 18.5 Å². The van der Waals surface area contributed by atoms with E-state index in [0.717, 1.165) is 31.5 Å². The summed E-state index contributed by atoms with van der Waals surface area (Å²) in [6, 6.07) is 6.51. The highest BCUT2D eigenvalue weighted by Crippen LogP contribution is 2.25. The average molecular weight is 361 g/mol.